The molecule has 0 fully saturated rings. The zero-order chi connectivity index (χ0) is 10.1. The largest absolute Gasteiger partial charge is 0.192 e. The molecule has 0 amide bonds. The SMILES string of the molecule is N#Cc1ccc(I)c2c(C#N)csc12. The van der Waals surface area contributed by atoms with E-state index in [1.165, 1.54) is 11.3 Å². The molecule has 2 aromatic rings. The maximum Gasteiger partial charge on any atom is 0.101 e. The van der Waals surface area contributed by atoms with Gasteiger partial charge >= 0.3 is 0 Å². The van der Waals surface area contributed by atoms with Crippen LogP contribution in [0.4, 0.5) is 0 Å². The van der Waals surface area contributed by atoms with E-state index in [1.54, 1.807) is 11.4 Å². The summed E-state index contributed by atoms with van der Waals surface area (Å²) >= 11 is 3.64. The predicted octanol–water partition coefficient (Wildman–Crippen LogP) is 3.25. The second-order valence-corrected chi connectivity index (χ2v) is 4.71. The highest BCUT2D eigenvalue weighted by atomic mass is 127. The van der Waals surface area contributed by atoms with Gasteiger partial charge in [-0.15, -0.1) is 11.3 Å². The van der Waals surface area contributed by atoms with Crippen LogP contribution in [0, 0.1) is 26.2 Å². The molecule has 4 heteroatoms. The van der Waals surface area contributed by atoms with Crippen molar-refractivity contribution in [1.29, 1.82) is 10.5 Å². The van der Waals surface area contributed by atoms with Gasteiger partial charge in [0.15, 0.2) is 0 Å². The van der Waals surface area contributed by atoms with Crippen molar-refractivity contribution in [1.82, 2.24) is 0 Å². The summed E-state index contributed by atoms with van der Waals surface area (Å²) in [7, 11) is 0. The minimum absolute atomic E-state index is 0.645. The molecule has 14 heavy (non-hydrogen) atoms. The van der Waals surface area contributed by atoms with E-state index in [0.717, 1.165) is 13.7 Å². The van der Waals surface area contributed by atoms with E-state index in [2.05, 4.69) is 34.7 Å². The van der Waals surface area contributed by atoms with Crippen LogP contribution in [0.1, 0.15) is 11.1 Å². The fourth-order valence-corrected chi connectivity index (χ4v) is 3.19. The standard InChI is InChI=1S/C10H3IN2S/c11-8-2-1-6(3-12)10-9(8)7(4-13)5-14-10/h1-2,5H. The fourth-order valence-electron chi connectivity index (χ4n) is 1.28. The zero-order valence-electron chi connectivity index (χ0n) is 6.91. The summed E-state index contributed by atoms with van der Waals surface area (Å²) in [5.74, 6) is 0. The molecule has 0 unspecified atom stereocenters. The first-order valence-electron chi connectivity index (χ1n) is 3.78. The predicted molar refractivity (Wildman–Crippen MR) is 64.0 cm³/mol. The Bertz CT molecular complexity index is 586. The first-order chi connectivity index (χ1) is 6.77. The number of rotatable bonds is 0. The van der Waals surface area contributed by atoms with Crippen LogP contribution >= 0.6 is 33.9 Å². The summed E-state index contributed by atoms with van der Waals surface area (Å²) in [6, 6.07) is 7.93. The summed E-state index contributed by atoms with van der Waals surface area (Å²) in [6.07, 6.45) is 0. The number of thiophene rings is 1. The average Bonchev–Trinajstić information content (AvgIpc) is 2.63. The number of halogens is 1. The van der Waals surface area contributed by atoms with E-state index in [-0.39, 0.29) is 0 Å². The van der Waals surface area contributed by atoms with Crippen molar-refractivity contribution in [2.45, 2.75) is 0 Å². The number of benzene rings is 1. The van der Waals surface area contributed by atoms with Crippen LogP contribution < -0.4 is 0 Å². The molecule has 0 N–H and O–H groups in total. The first-order valence-corrected chi connectivity index (χ1v) is 5.73. The molecule has 0 saturated carbocycles. The molecular weight excluding hydrogens is 307 g/mol. The van der Waals surface area contributed by atoms with Gasteiger partial charge in [-0.1, -0.05) is 0 Å². The average molecular weight is 310 g/mol. The van der Waals surface area contributed by atoms with Crippen molar-refractivity contribution in [2.75, 3.05) is 0 Å². The van der Waals surface area contributed by atoms with Gasteiger partial charge in [0.2, 0.25) is 0 Å². The van der Waals surface area contributed by atoms with Gasteiger partial charge in [0, 0.05) is 14.3 Å². The molecule has 0 radical (unpaired) electrons. The molecule has 1 aromatic heterocycles. The Balaban J connectivity index is 2.98. The van der Waals surface area contributed by atoms with Gasteiger partial charge in [-0.3, -0.25) is 0 Å². The summed E-state index contributed by atoms with van der Waals surface area (Å²) in [5.41, 5.74) is 1.30. The third kappa shape index (κ3) is 1.28. The van der Waals surface area contributed by atoms with Crippen LogP contribution in [0.15, 0.2) is 17.5 Å². The molecule has 0 atom stereocenters. The molecule has 0 bridgehead atoms. The van der Waals surface area contributed by atoms with Gasteiger partial charge in [-0.2, -0.15) is 10.5 Å². The van der Waals surface area contributed by atoms with E-state index >= 15 is 0 Å². The van der Waals surface area contributed by atoms with E-state index in [9.17, 15) is 0 Å². The van der Waals surface area contributed by atoms with E-state index in [4.69, 9.17) is 10.5 Å². The van der Waals surface area contributed by atoms with Crippen molar-refractivity contribution in [2.24, 2.45) is 0 Å². The van der Waals surface area contributed by atoms with Crippen molar-refractivity contribution in [3.63, 3.8) is 0 Å². The van der Waals surface area contributed by atoms with Crippen LogP contribution in [-0.2, 0) is 0 Å². The first kappa shape index (κ1) is 9.45. The lowest BCUT2D eigenvalue weighted by Crippen LogP contribution is -1.80. The maximum absolute atomic E-state index is 8.88. The topological polar surface area (TPSA) is 47.6 Å². The van der Waals surface area contributed by atoms with Crippen LogP contribution in [0.25, 0.3) is 10.1 Å². The van der Waals surface area contributed by atoms with Crippen molar-refractivity contribution in [3.8, 4) is 12.1 Å². The number of nitrogens with zero attached hydrogens (tertiary/aromatic N) is 2. The highest BCUT2D eigenvalue weighted by Gasteiger charge is 2.10. The summed E-state index contributed by atoms with van der Waals surface area (Å²) < 4.78 is 1.94. The molecule has 0 spiro atoms. The van der Waals surface area contributed by atoms with Crippen molar-refractivity contribution < 1.29 is 0 Å². The van der Waals surface area contributed by atoms with Gasteiger partial charge in [0.1, 0.15) is 12.1 Å². The Labute approximate surface area is 98.5 Å². The highest BCUT2D eigenvalue weighted by molar-refractivity contribution is 14.1. The molecule has 1 heterocycles. The summed E-state index contributed by atoms with van der Waals surface area (Å²) in [6.45, 7) is 0. The normalized spacial score (nSPS) is 9.64. The lowest BCUT2D eigenvalue weighted by molar-refractivity contribution is 1.50. The number of fused-ring (bicyclic) bond motifs is 1. The van der Waals surface area contributed by atoms with Crippen molar-refractivity contribution >= 4 is 44.0 Å². The molecular formula is C10H3IN2S. The number of nitriles is 2. The van der Waals surface area contributed by atoms with Gasteiger partial charge in [-0.05, 0) is 34.7 Å². The van der Waals surface area contributed by atoms with Crippen LogP contribution in [-0.4, -0.2) is 0 Å². The highest BCUT2D eigenvalue weighted by Crippen LogP contribution is 2.32. The molecule has 2 nitrogen and oxygen atoms in total. The van der Waals surface area contributed by atoms with Crippen LogP contribution in [0.2, 0.25) is 0 Å². The monoisotopic (exact) mass is 310 g/mol. The molecule has 2 rings (SSSR count). The lowest BCUT2D eigenvalue weighted by atomic mass is 10.1. The summed E-state index contributed by atoms with van der Waals surface area (Å²) in [4.78, 5) is 0. The number of hydrogen-bond acceptors (Lipinski definition) is 3. The van der Waals surface area contributed by atoms with Crippen LogP contribution in [0.5, 0.6) is 0 Å². The Hall–Kier alpha value is -1.11. The minimum atomic E-state index is 0.645. The Morgan fingerprint density at radius 3 is 2.50 bits per heavy atom. The second kappa shape index (κ2) is 3.56. The van der Waals surface area contributed by atoms with Gasteiger partial charge in [-0.25, -0.2) is 0 Å². The zero-order valence-corrected chi connectivity index (χ0v) is 9.89. The van der Waals surface area contributed by atoms with Gasteiger partial charge in [0.05, 0.1) is 15.8 Å². The lowest BCUT2D eigenvalue weighted by Gasteiger charge is -1.96. The third-order valence-electron chi connectivity index (χ3n) is 1.91. The Morgan fingerprint density at radius 2 is 1.86 bits per heavy atom. The number of hydrogen-bond donors (Lipinski definition) is 0. The fraction of sp³-hybridized carbons (Fsp3) is 0. The maximum atomic E-state index is 8.88. The summed E-state index contributed by atoms with van der Waals surface area (Å²) in [5, 5.41) is 20.5. The van der Waals surface area contributed by atoms with Crippen LogP contribution in [0.3, 0.4) is 0 Å². The van der Waals surface area contributed by atoms with Gasteiger partial charge in [0.25, 0.3) is 0 Å². The molecule has 0 aliphatic carbocycles. The quantitative estimate of drug-likeness (QED) is 0.701. The molecule has 0 saturated heterocycles. The van der Waals surface area contributed by atoms with Gasteiger partial charge < -0.3 is 0 Å². The molecule has 0 aliphatic rings. The smallest absolute Gasteiger partial charge is 0.101 e. The van der Waals surface area contributed by atoms with E-state index < -0.39 is 0 Å². The molecule has 0 aliphatic heterocycles. The molecule has 66 valence electrons. The Kier molecular flexibility index (Phi) is 2.40. The minimum Gasteiger partial charge on any atom is -0.192 e. The molecule has 1 aromatic carbocycles. The van der Waals surface area contributed by atoms with E-state index in [1.807, 2.05) is 6.07 Å². The van der Waals surface area contributed by atoms with E-state index in [0.29, 0.717) is 11.1 Å². The second-order valence-electron chi connectivity index (χ2n) is 2.67. The van der Waals surface area contributed by atoms with Crippen molar-refractivity contribution in [3.05, 3.63) is 32.2 Å². The third-order valence-corrected chi connectivity index (χ3v) is 3.82. The Morgan fingerprint density at radius 1 is 1.14 bits per heavy atom.